The van der Waals surface area contributed by atoms with Crippen LogP contribution in [0.15, 0.2) is 29.2 Å². The van der Waals surface area contributed by atoms with Crippen LogP contribution in [0.2, 0.25) is 0 Å². The molecule has 2 fully saturated rings. The number of aliphatic carboxylic acids is 1. The minimum atomic E-state index is -3.46. The lowest BCUT2D eigenvalue weighted by molar-refractivity contribution is -0.149. The number of carboxylic acid groups (broad SMARTS) is 1. The molecule has 1 aromatic carbocycles. The lowest BCUT2D eigenvalue weighted by Gasteiger charge is -2.26. The lowest BCUT2D eigenvalue weighted by atomic mass is 9.81. The molecule has 1 aliphatic heterocycles. The number of nitrogens with zero attached hydrogens (tertiary/aromatic N) is 1. The first-order chi connectivity index (χ1) is 12.1. The predicted molar refractivity (Wildman–Crippen MR) is 104 cm³/mol. The highest BCUT2D eigenvalue weighted by atomic mass is 35.5. The Labute approximate surface area is 165 Å². The fraction of sp³-hybridized carbons (Fsp3) is 0.556. The quantitative estimate of drug-likeness (QED) is 0.761. The summed E-state index contributed by atoms with van der Waals surface area (Å²) < 4.78 is 23.8. The summed E-state index contributed by atoms with van der Waals surface area (Å²) in [6.07, 6.45) is 3.52. The van der Waals surface area contributed by atoms with Crippen LogP contribution in [0.3, 0.4) is 0 Å². The van der Waals surface area contributed by atoms with E-state index in [-0.39, 0.29) is 34.8 Å². The summed E-state index contributed by atoms with van der Waals surface area (Å²) >= 11 is 0. The average Bonchev–Trinajstić information content (AvgIpc) is 3.11. The summed E-state index contributed by atoms with van der Waals surface area (Å²) in [5, 5.41) is 12.4. The van der Waals surface area contributed by atoms with E-state index in [1.54, 1.807) is 25.1 Å². The van der Waals surface area contributed by atoms with Gasteiger partial charge in [-0.15, -0.1) is 12.4 Å². The van der Waals surface area contributed by atoms with Crippen LogP contribution in [0.4, 0.5) is 5.69 Å². The topological polar surface area (TPSA) is 104 Å². The summed E-state index contributed by atoms with van der Waals surface area (Å²) in [7, 11) is -3.46. The van der Waals surface area contributed by atoms with Gasteiger partial charge in [-0.05, 0) is 37.8 Å². The lowest BCUT2D eigenvalue weighted by Crippen LogP contribution is -2.43. The highest BCUT2D eigenvalue weighted by Crippen LogP contribution is 2.49. The smallest absolute Gasteiger partial charge is 0.311 e. The van der Waals surface area contributed by atoms with Crippen LogP contribution in [0, 0.1) is 11.3 Å². The van der Waals surface area contributed by atoms with Crippen molar-refractivity contribution in [2.45, 2.75) is 37.1 Å². The third-order valence-electron chi connectivity index (χ3n) is 5.79. The Morgan fingerprint density at radius 3 is 2.59 bits per heavy atom. The van der Waals surface area contributed by atoms with Crippen molar-refractivity contribution < 1.29 is 23.1 Å². The number of likely N-dealkylation sites (tertiary alicyclic amines) is 1. The van der Waals surface area contributed by atoms with Gasteiger partial charge in [0.25, 0.3) is 0 Å². The third-order valence-corrected chi connectivity index (χ3v) is 6.95. The molecule has 1 saturated heterocycles. The minimum absolute atomic E-state index is 0. The van der Waals surface area contributed by atoms with Crippen molar-refractivity contribution in [1.82, 2.24) is 4.90 Å². The van der Waals surface area contributed by atoms with Gasteiger partial charge in [0.15, 0.2) is 9.84 Å². The molecule has 1 unspecified atom stereocenters. The van der Waals surface area contributed by atoms with Crippen molar-refractivity contribution in [3.05, 3.63) is 24.3 Å². The Balaban J connectivity index is 0.00000261. The molecule has 150 valence electrons. The van der Waals surface area contributed by atoms with Gasteiger partial charge in [0.05, 0.1) is 22.0 Å². The summed E-state index contributed by atoms with van der Waals surface area (Å²) in [4.78, 5) is 26.4. The number of hydrogen-bond donors (Lipinski definition) is 2. The maximum Gasteiger partial charge on any atom is 0.311 e. The van der Waals surface area contributed by atoms with Crippen LogP contribution in [0.1, 0.15) is 26.2 Å². The van der Waals surface area contributed by atoms with Crippen molar-refractivity contribution in [1.29, 1.82) is 0 Å². The number of hydrogen-bond acceptors (Lipinski definition) is 5. The van der Waals surface area contributed by atoms with Crippen LogP contribution >= 0.6 is 12.4 Å². The number of benzene rings is 1. The number of carbonyl (C=O) groups is 2. The largest absolute Gasteiger partial charge is 0.481 e. The summed E-state index contributed by atoms with van der Waals surface area (Å²) in [5.41, 5.74) is -0.502. The van der Waals surface area contributed by atoms with E-state index in [1.165, 1.54) is 6.07 Å². The Kier molecular flexibility index (Phi) is 6.23. The number of amides is 1. The molecule has 27 heavy (non-hydrogen) atoms. The summed E-state index contributed by atoms with van der Waals surface area (Å²) in [6.45, 7) is 2.67. The van der Waals surface area contributed by atoms with Crippen LogP contribution in [-0.4, -0.2) is 55.7 Å². The zero-order chi connectivity index (χ0) is 19.1. The van der Waals surface area contributed by atoms with E-state index >= 15 is 0 Å². The van der Waals surface area contributed by atoms with Gasteiger partial charge in [0.1, 0.15) is 0 Å². The molecular weight excluding hydrogens is 392 g/mol. The van der Waals surface area contributed by atoms with Crippen molar-refractivity contribution in [2.75, 3.05) is 24.7 Å². The Bertz CT molecular complexity index is 844. The second-order valence-corrected chi connectivity index (χ2v) is 9.40. The van der Waals surface area contributed by atoms with E-state index in [0.717, 1.165) is 19.1 Å². The molecule has 0 bridgehead atoms. The maximum atomic E-state index is 12.7. The molecule has 0 aromatic heterocycles. The first-order valence-electron chi connectivity index (χ1n) is 8.72. The highest BCUT2D eigenvalue weighted by Gasteiger charge is 2.55. The number of rotatable bonds is 5. The average molecular weight is 417 g/mol. The zero-order valence-electron chi connectivity index (χ0n) is 15.3. The molecule has 1 amide bonds. The number of anilines is 1. The highest BCUT2D eigenvalue weighted by molar-refractivity contribution is 7.90. The van der Waals surface area contributed by atoms with Crippen LogP contribution < -0.4 is 5.32 Å². The van der Waals surface area contributed by atoms with Gasteiger partial charge < -0.3 is 10.4 Å². The Morgan fingerprint density at radius 1 is 1.33 bits per heavy atom. The van der Waals surface area contributed by atoms with E-state index in [2.05, 4.69) is 5.32 Å². The van der Waals surface area contributed by atoms with E-state index in [4.69, 9.17) is 0 Å². The fourth-order valence-corrected chi connectivity index (χ4v) is 5.11. The van der Waals surface area contributed by atoms with Crippen molar-refractivity contribution >= 4 is 39.8 Å². The molecule has 1 saturated carbocycles. The van der Waals surface area contributed by atoms with Gasteiger partial charge in [-0.2, -0.15) is 0 Å². The minimum Gasteiger partial charge on any atom is -0.481 e. The second kappa shape index (κ2) is 7.77. The van der Waals surface area contributed by atoms with Crippen molar-refractivity contribution in [3.63, 3.8) is 0 Å². The van der Waals surface area contributed by atoms with Crippen LogP contribution in [0.25, 0.3) is 0 Å². The van der Waals surface area contributed by atoms with E-state index < -0.39 is 27.3 Å². The third kappa shape index (κ3) is 3.97. The number of carboxylic acids is 1. The number of para-hydroxylation sites is 1. The predicted octanol–water partition coefficient (Wildman–Crippen LogP) is 2.03. The number of sulfone groups is 1. The molecule has 9 heteroatoms. The number of nitrogens with one attached hydrogen (secondary N) is 1. The standard InChI is InChI=1S/C18H24N2O5S.ClH/c1-12(20-10-13-6-5-9-18(13,11-20)17(22)23)16(21)19-14-7-3-4-8-15(14)26(2,24)25;/h3-4,7-8,12-13H,5-6,9-11H2,1-2H3,(H,19,21)(H,22,23);1H/t12?,13-,18+;/m0./s1. The number of carbonyl (C=O) groups excluding carboxylic acids is 1. The molecule has 1 aliphatic carbocycles. The molecule has 1 heterocycles. The van der Waals surface area contributed by atoms with Gasteiger partial charge in [-0.25, -0.2) is 8.42 Å². The monoisotopic (exact) mass is 416 g/mol. The SMILES string of the molecule is CC(C(=O)Nc1ccccc1S(C)(=O)=O)N1C[C@@H]2CCC[C@@]2(C(=O)O)C1.Cl. The molecule has 0 radical (unpaired) electrons. The van der Waals surface area contributed by atoms with Gasteiger partial charge >= 0.3 is 5.97 Å². The Morgan fingerprint density at radius 2 is 2.00 bits per heavy atom. The summed E-state index contributed by atoms with van der Waals surface area (Å²) in [5.74, 6) is -1.04. The normalized spacial score (nSPS) is 26.1. The molecule has 0 spiro atoms. The number of fused-ring (bicyclic) bond motifs is 1. The van der Waals surface area contributed by atoms with Crippen LogP contribution in [0.5, 0.6) is 0 Å². The number of halogens is 1. The van der Waals surface area contributed by atoms with Gasteiger partial charge in [0, 0.05) is 19.3 Å². The molecule has 2 aliphatic rings. The molecule has 3 rings (SSSR count). The first-order valence-corrected chi connectivity index (χ1v) is 10.6. The molecule has 2 N–H and O–H groups in total. The summed E-state index contributed by atoms with van der Waals surface area (Å²) in [6, 6.07) is 5.74. The van der Waals surface area contributed by atoms with E-state index in [0.29, 0.717) is 19.5 Å². The Hall–Kier alpha value is -1.64. The molecule has 1 aromatic rings. The fourth-order valence-electron chi connectivity index (χ4n) is 4.27. The van der Waals surface area contributed by atoms with Crippen molar-refractivity contribution in [3.8, 4) is 0 Å². The first kappa shape index (κ1) is 21.7. The second-order valence-electron chi connectivity index (χ2n) is 7.41. The van der Waals surface area contributed by atoms with Crippen molar-refractivity contribution in [2.24, 2.45) is 11.3 Å². The van der Waals surface area contributed by atoms with Gasteiger partial charge in [0.2, 0.25) is 5.91 Å². The van der Waals surface area contributed by atoms with Crippen LogP contribution in [-0.2, 0) is 19.4 Å². The molecular formula is C18H25ClN2O5S. The zero-order valence-corrected chi connectivity index (χ0v) is 17.0. The van der Waals surface area contributed by atoms with E-state index in [1.807, 2.05) is 4.90 Å². The van der Waals surface area contributed by atoms with E-state index in [9.17, 15) is 23.1 Å². The maximum absolute atomic E-state index is 12.7. The van der Waals surface area contributed by atoms with Gasteiger partial charge in [-0.1, -0.05) is 18.6 Å². The molecule has 3 atom stereocenters. The van der Waals surface area contributed by atoms with Gasteiger partial charge in [-0.3, -0.25) is 14.5 Å². The molecule has 7 nitrogen and oxygen atoms in total.